The Kier molecular flexibility index (Phi) is 4.11. The molecule has 25 heavy (non-hydrogen) atoms. The summed E-state index contributed by atoms with van der Waals surface area (Å²) in [6, 6.07) is 5.19. The number of ketones is 2. The van der Waals surface area contributed by atoms with Crippen LogP contribution in [0, 0.1) is 0 Å². The number of hydrogen-bond acceptors (Lipinski definition) is 5. The first kappa shape index (κ1) is 16.0. The van der Waals surface area contributed by atoms with Gasteiger partial charge in [-0.05, 0) is 31.7 Å². The third-order valence-corrected chi connectivity index (χ3v) is 5.25. The Morgan fingerprint density at radius 3 is 2.60 bits per heavy atom. The average Bonchev–Trinajstić information content (AvgIpc) is 2.63. The molecule has 2 fully saturated rings. The lowest BCUT2D eigenvalue weighted by Gasteiger charge is -2.30. The van der Waals surface area contributed by atoms with Crippen molar-refractivity contribution in [3.8, 4) is 0 Å². The van der Waals surface area contributed by atoms with Crippen LogP contribution in [0.15, 0.2) is 29.2 Å². The van der Waals surface area contributed by atoms with Crippen molar-refractivity contribution >= 4 is 28.0 Å². The lowest BCUT2D eigenvalue weighted by atomic mass is 9.93. The van der Waals surface area contributed by atoms with E-state index >= 15 is 0 Å². The number of fused-ring (bicyclic) bond motifs is 1. The maximum atomic E-state index is 13.2. The summed E-state index contributed by atoms with van der Waals surface area (Å²) in [7, 11) is 0. The summed E-state index contributed by atoms with van der Waals surface area (Å²) in [6.45, 7) is 1.88. The molecule has 1 aromatic heterocycles. The number of aromatic nitrogens is 2. The van der Waals surface area contributed by atoms with Crippen molar-refractivity contribution in [1.29, 1.82) is 0 Å². The van der Waals surface area contributed by atoms with Crippen LogP contribution in [0.25, 0.3) is 10.8 Å². The number of Topliss-reactive ketones (excluding diaryl/α,β-unsaturated/α-hetero) is 2. The zero-order valence-corrected chi connectivity index (χ0v) is 14.1. The van der Waals surface area contributed by atoms with Gasteiger partial charge in [0.1, 0.15) is 11.8 Å². The van der Waals surface area contributed by atoms with Crippen molar-refractivity contribution in [2.75, 3.05) is 18.0 Å². The van der Waals surface area contributed by atoms with Crippen LogP contribution in [0.4, 0.5) is 5.69 Å². The molecular weight excluding hydrogens is 318 g/mol. The number of piperidine rings is 1. The van der Waals surface area contributed by atoms with E-state index < -0.39 is 6.04 Å². The van der Waals surface area contributed by atoms with Gasteiger partial charge in [0.2, 0.25) is 0 Å². The minimum absolute atomic E-state index is 0.0518. The van der Waals surface area contributed by atoms with Gasteiger partial charge in [0, 0.05) is 24.9 Å². The van der Waals surface area contributed by atoms with Gasteiger partial charge < -0.3 is 4.90 Å². The number of benzene rings is 1. The molecule has 0 bridgehead atoms. The maximum absolute atomic E-state index is 13.2. The highest BCUT2D eigenvalue weighted by molar-refractivity contribution is 6.03. The quantitative estimate of drug-likeness (QED) is 0.785. The zero-order valence-electron chi connectivity index (χ0n) is 14.1. The van der Waals surface area contributed by atoms with E-state index in [1.807, 2.05) is 18.2 Å². The van der Waals surface area contributed by atoms with Crippen molar-refractivity contribution in [2.45, 2.75) is 44.6 Å². The Hall–Kier alpha value is -2.50. The largest absolute Gasteiger partial charge is 0.371 e. The standard InChI is InChI=1S/C19H21N3O3/c23-14-7-8-15(17(24)11-14)22-19(25)18-13(12-20-22)5-4-6-16(18)21-9-2-1-3-10-21/h4-6,12,15H,1-3,7-11H2. The van der Waals surface area contributed by atoms with Gasteiger partial charge in [-0.25, -0.2) is 4.68 Å². The highest BCUT2D eigenvalue weighted by Crippen LogP contribution is 2.28. The van der Waals surface area contributed by atoms with E-state index in [0.717, 1.165) is 37.0 Å². The zero-order chi connectivity index (χ0) is 17.4. The molecular formula is C19H21N3O3. The van der Waals surface area contributed by atoms with Crippen LogP contribution >= 0.6 is 0 Å². The lowest BCUT2D eigenvalue weighted by molar-refractivity contribution is -0.132. The molecule has 0 spiro atoms. The molecule has 1 unspecified atom stereocenters. The molecule has 130 valence electrons. The Balaban J connectivity index is 1.82. The second-order valence-electron chi connectivity index (χ2n) is 6.92. The lowest BCUT2D eigenvalue weighted by Crippen LogP contribution is -2.37. The first-order valence-electron chi connectivity index (χ1n) is 8.95. The van der Waals surface area contributed by atoms with Crippen LogP contribution in [-0.2, 0) is 9.59 Å². The first-order valence-corrected chi connectivity index (χ1v) is 8.95. The Morgan fingerprint density at radius 2 is 1.84 bits per heavy atom. The summed E-state index contributed by atoms with van der Waals surface area (Å²) < 4.78 is 1.30. The van der Waals surface area contributed by atoms with E-state index in [0.29, 0.717) is 18.2 Å². The normalized spacial score (nSPS) is 21.8. The molecule has 6 nitrogen and oxygen atoms in total. The first-order chi connectivity index (χ1) is 12.1. The molecule has 1 aromatic carbocycles. The third kappa shape index (κ3) is 2.86. The maximum Gasteiger partial charge on any atom is 0.277 e. The second-order valence-corrected chi connectivity index (χ2v) is 6.92. The second kappa shape index (κ2) is 6.43. The molecule has 2 heterocycles. The summed E-state index contributed by atoms with van der Waals surface area (Å²) in [5.74, 6) is -0.259. The van der Waals surface area contributed by atoms with Crippen LogP contribution in [0.1, 0.15) is 44.6 Å². The van der Waals surface area contributed by atoms with Gasteiger partial charge >= 0.3 is 0 Å². The molecule has 2 aromatic rings. The van der Waals surface area contributed by atoms with E-state index in [1.165, 1.54) is 11.1 Å². The molecule has 1 atom stereocenters. The van der Waals surface area contributed by atoms with Crippen LogP contribution in [-0.4, -0.2) is 34.4 Å². The summed E-state index contributed by atoms with van der Waals surface area (Å²) >= 11 is 0. The molecule has 0 N–H and O–H groups in total. The molecule has 0 amide bonds. The SMILES string of the molecule is O=C1CCC(n2ncc3cccc(N4CCCCC4)c3c2=O)C(=O)C1. The van der Waals surface area contributed by atoms with Crippen molar-refractivity contribution < 1.29 is 9.59 Å². The minimum atomic E-state index is -0.621. The van der Waals surface area contributed by atoms with Crippen LogP contribution in [0.2, 0.25) is 0 Å². The van der Waals surface area contributed by atoms with Crippen molar-refractivity contribution in [1.82, 2.24) is 9.78 Å². The smallest absolute Gasteiger partial charge is 0.277 e. The minimum Gasteiger partial charge on any atom is -0.371 e. The van der Waals surface area contributed by atoms with Gasteiger partial charge in [-0.2, -0.15) is 5.10 Å². The number of rotatable bonds is 2. The van der Waals surface area contributed by atoms with Gasteiger partial charge in [0.05, 0.1) is 23.7 Å². The third-order valence-electron chi connectivity index (χ3n) is 5.25. The number of carbonyl (C=O) groups is 2. The number of nitrogens with zero attached hydrogens (tertiary/aromatic N) is 3. The highest BCUT2D eigenvalue weighted by Gasteiger charge is 2.30. The van der Waals surface area contributed by atoms with E-state index in [-0.39, 0.29) is 23.5 Å². The fourth-order valence-electron chi connectivity index (χ4n) is 3.93. The molecule has 1 saturated heterocycles. The van der Waals surface area contributed by atoms with Crippen molar-refractivity contribution in [3.05, 3.63) is 34.7 Å². The van der Waals surface area contributed by atoms with Crippen molar-refractivity contribution in [2.24, 2.45) is 0 Å². The van der Waals surface area contributed by atoms with Crippen LogP contribution < -0.4 is 10.5 Å². The molecule has 1 aliphatic heterocycles. The van der Waals surface area contributed by atoms with Crippen LogP contribution in [0.5, 0.6) is 0 Å². The Bertz CT molecular complexity index is 896. The summed E-state index contributed by atoms with van der Waals surface area (Å²) in [5.41, 5.74) is 0.698. The van der Waals surface area contributed by atoms with E-state index in [4.69, 9.17) is 0 Å². The summed E-state index contributed by atoms with van der Waals surface area (Å²) in [4.78, 5) is 39.1. The molecule has 4 rings (SSSR count). The van der Waals surface area contributed by atoms with Gasteiger partial charge in [-0.15, -0.1) is 0 Å². The predicted octanol–water partition coefficient (Wildman–Crippen LogP) is 2.25. The monoisotopic (exact) mass is 339 g/mol. The van der Waals surface area contributed by atoms with Crippen molar-refractivity contribution in [3.63, 3.8) is 0 Å². The van der Waals surface area contributed by atoms with Gasteiger partial charge in [0.15, 0.2) is 5.78 Å². The molecule has 6 heteroatoms. The number of anilines is 1. The topological polar surface area (TPSA) is 72.3 Å². The fourth-order valence-corrected chi connectivity index (χ4v) is 3.93. The van der Waals surface area contributed by atoms with E-state index in [2.05, 4.69) is 10.00 Å². The van der Waals surface area contributed by atoms with Gasteiger partial charge in [-0.1, -0.05) is 12.1 Å². The van der Waals surface area contributed by atoms with E-state index in [1.54, 1.807) is 6.20 Å². The Labute approximate surface area is 145 Å². The number of hydrogen-bond donors (Lipinski definition) is 0. The van der Waals surface area contributed by atoms with Gasteiger partial charge in [-0.3, -0.25) is 14.4 Å². The molecule has 1 saturated carbocycles. The van der Waals surface area contributed by atoms with E-state index in [9.17, 15) is 14.4 Å². The highest BCUT2D eigenvalue weighted by atomic mass is 16.2. The van der Waals surface area contributed by atoms with Crippen LogP contribution in [0.3, 0.4) is 0 Å². The fraction of sp³-hybridized carbons (Fsp3) is 0.474. The summed E-state index contributed by atoms with van der Waals surface area (Å²) in [5, 5.41) is 5.67. The average molecular weight is 339 g/mol. The molecule has 1 aliphatic carbocycles. The van der Waals surface area contributed by atoms with Gasteiger partial charge in [0.25, 0.3) is 5.56 Å². The summed E-state index contributed by atoms with van der Waals surface area (Å²) in [6.07, 6.45) is 5.73. The Morgan fingerprint density at radius 1 is 1.04 bits per heavy atom. The molecule has 2 aliphatic rings. The molecule has 0 radical (unpaired) electrons. The number of carbonyl (C=O) groups excluding carboxylic acids is 2. The predicted molar refractivity (Wildman–Crippen MR) is 95.0 cm³/mol.